The van der Waals surface area contributed by atoms with Gasteiger partial charge in [0.05, 0.1) is 12.6 Å². The molecule has 4 aliphatic carbocycles. The number of hydrogen-bond acceptors (Lipinski definition) is 6. The number of nitrogens with zero attached hydrogens (tertiary/aromatic N) is 3. The maximum Gasteiger partial charge on any atom is 0.416 e. The molecule has 1 aliphatic heterocycles. The first kappa shape index (κ1) is 26.2. The molecule has 0 spiro atoms. The van der Waals surface area contributed by atoms with Gasteiger partial charge in [-0.05, 0) is 120 Å². The number of amides is 1. The van der Waals surface area contributed by atoms with Crippen molar-refractivity contribution in [3.63, 3.8) is 0 Å². The van der Waals surface area contributed by atoms with Gasteiger partial charge in [-0.3, -0.25) is 4.90 Å². The minimum absolute atomic E-state index is 0.0252. The van der Waals surface area contributed by atoms with E-state index in [1.807, 2.05) is 32.9 Å². The van der Waals surface area contributed by atoms with Crippen molar-refractivity contribution in [1.29, 1.82) is 0 Å². The van der Waals surface area contributed by atoms with Crippen LogP contribution in [0.25, 0.3) is 6.08 Å². The average Bonchev–Trinajstić information content (AvgIpc) is 3.23. The molecule has 2 heterocycles. The number of esters is 1. The topological polar surface area (TPSA) is 72.0 Å². The highest BCUT2D eigenvalue weighted by Gasteiger charge is 2.51. The Kier molecular flexibility index (Phi) is 7.36. The van der Waals surface area contributed by atoms with E-state index in [1.54, 1.807) is 24.1 Å². The van der Waals surface area contributed by atoms with Gasteiger partial charge in [0.15, 0.2) is 0 Å². The van der Waals surface area contributed by atoms with Crippen molar-refractivity contribution < 1.29 is 19.1 Å². The van der Waals surface area contributed by atoms with Crippen molar-refractivity contribution in [2.24, 2.45) is 23.2 Å². The van der Waals surface area contributed by atoms with E-state index in [4.69, 9.17) is 9.47 Å². The second-order valence-corrected chi connectivity index (χ2v) is 13.0. The summed E-state index contributed by atoms with van der Waals surface area (Å²) >= 11 is 0. The van der Waals surface area contributed by atoms with Gasteiger partial charge in [0.25, 0.3) is 0 Å². The van der Waals surface area contributed by atoms with E-state index in [9.17, 15) is 9.59 Å². The Morgan fingerprint density at radius 3 is 2.38 bits per heavy atom. The first-order valence-corrected chi connectivity index (χ1v) is 14.2. The van der Waals surface area contributed by atoms with Gasteiger partial charge in [-0.1, -0.05) is 0 Å². The number of rotatable bonds is 7. The Morgan fingerprint density at radius 2 is 1.81 bits per heavy atom. The van der Waals surface area contributed by atoms with E-state index in [0.717, 1.165) is 42.8 Å². The summed E-state index contributed by atoms with van der Waals surface area (Å²) in [4.78, 5) is 34.0. The average molecular weight is 510 g/mol. The van der Waals surface area contributed by atoms with Crippen molar-refractivity contribution in [2.45, 2.75) is 84.3 Å². The highest BCUT2D eigenvalue weighted by molar-refractivity contribution is 5.88. The SMILES string of the molecule is CCOC(=O)/C=C/c1ccc(N(C(=O)OC(C)(C)C)[C@@H]2CCN(CC34CC5CC(CC(C5)C3)C4)C2)nc1. The number of hydrogen-bond donors (Lipinski definition) is 0. The molecule has 0 radical (unpaired) electrons. The lowest BCUT2D eigenvalue weighted by molar-refractivity contribution is -0.137. The van der Waals surface area contributed by atoms with Crippen molar-refractivity contribution >= 4 is 24.0 Å². The summed E-state index contributed by atoms with van der Waals surface area (Å²) in [5.41, 5.74) is 0.677. The monoisotopic (exact) mass is 509 g/mol. The van der Waals surface area contributed by atoms with Crippen LogP contribution in [0.3, 0.4) is 0 Å². The Balaban J connectivity index is 1.29. The van der Waals surface area contributed by atoms with Gasteiger partial charge in [-0.25, -0.2) is 14.6 Å². The van der Waals surface area contributed by atoms with Gasteiger partial charge in [0, 0.05) is 31.9 Å². The summed E-state index contributed by atoms with van der Waals surface area (Å²) in [6.07, 6.45) is 13.9. The van der Waals surface area contributed by atoms with Crippen LogP contribution in [0.15, 0.2) is 24.4 Å². The molecule has 5 fully saturated rings. The minimum Gasteiger partial charge on any atom is -0.463 e. The maximum absolute atomic E-state index is 13.4. The first-order valence-electron chi connectivity index (χ1n) is 14.2. The Bertz CT molecular complexity index is 977. The Labute approximate surface area is 221 Å². The van der Waals surface area contributed by atoms with Gasteiger partial charge in [0.2, 0.25) is 0 Å². The Hall–Kier alpha value is -2.41. The molecule has 202 valence electrons. The van der Waals surface area contributed by atoms with Crippen LogP contribution in [0.1, 0.15) is 78.2 Å². The van der Waals surface area contributed by atoms with Crippen LogP contribution >= 0.6 is 0 Å². The maximum atomic E-state index is 13.4. The number of likely N-dealkylation sites (tertiary alicyclic amines) is 1. The molecule has 6 rings (SSSR count). The summed E-state index contributed by atoms with van der Waals surface area (Å²) in [6, 6.07) is 3.74. The number of ether oxygens (including phenoxy) is 2. The predicted molar refractivity (Wildman–Crippen MR) is 144 cm³/mol. The van der Waals surface area contributed by atoms with E-state index in [2.05, 4.69) is 9.88 Å². The molecule has 5 aliphatic rings. The Morgan fingerprint density at radius 1 is 1.14 bits per heavy atom. The van der Waals surface area contributed by atoms with Gasteiger partial charge >= 0.3 is 12.1 Å². The molecule has 4 saturated carbocycles. The number of pyridine rings is 1. The van der Waals surface area contributed by atoms with Crippen LogP contribution in [-0.4, -0.2) is 59.8 Å². The van der Waals surface area contributed by atoms with Gasteiger partial charge in [0.1, 0.15) is 11.4 Å². The molecular weight excluding hydrogens is 466 g/mol. The van der Waals surface area contributed by atoms with Crippen LogP contribution in [0.5, 0.6) is 0 Å². The first-order chi connectivity index (χ1) is 17.6. The number of carbonyl (C=O) groups excluding carboxylic acids is 2. The molecule has 0 unspecified atom stereocenters. The highest BCUT2D eigenvalue weighted by Crippen LogP contribution is 2.60. The number of anilines is 1. The molecule has 4 bridgehead atoms. The molecule has 0 aromatic carbocycles. The summed E-state index contributed by atoms with van der Waals surface area (Å²) in [7, 11) is 0. The molecule has 1 aromatic heterocycles. The van der Waals surface area contributed by atoms with Gasteiger partial charge in [-0.2, -0.15) is 0 Å². The zero-order valence-corrected chi connectivity index (χ0v) is 22.9. The molecule has 0 N–H and O–H groups in total. The largest absolute Gasteiger partial charge is 0.463 e. The van der Waals surface area contributed by atoms with Crippen LogP contribution in [0.2, 0.25) is 0 Å². The second-order valence-electron chi connectivity index (χ2n) is 13.0. The smallest absolute Gasteiger partial charge is 0.416 e. The molecule has 7 heteroatoms. The molecule has 7 nitrogen and oxygen atoms in total. The zero-order chi connectivity index (χ0) is 26.2. The summed E-state index contributed by atoms with van der Waals surface area (Å²) < 4.78 is 10.8. The van der Waals surface area contributed by atoms with Crippen molar-refractivity contribution in [2.75, 3.05) is 31.1 Å². The molecule has 1 saturated heterocycles. The lowest BCUT2D eigenvalue weighted by Crippen LogP contribution is -2.51. The van der Waals surface area contributed by atoms with E-state index >= 15 is 0 Å². The molecule has 37 heavy (non-hydrogen) atoms. The molecule has 1 atom stereocenters. The van der Waals surface area contributed by atoms with Crippen LogP contribution < -0.4 is 4.90 Å². The minimum atomic E-state index is -0.588. The van der Waals surface area contributed by atoms with E-state index in [-0.39, 0.29) is 18.1 Å². The fraction of sp³-hybridized carbons (Fsp3) is 0.700. The highest BCUT2D eigenvalue weighted by atomic mass is 16.6. The zero-order valence-electron chi connectivity index (χ0n) is 22.9. The molecular formula is C30H43N3O4. The van der Waals surface area contributed by atoms with Crippen molar-refractivity contribution in [3.8, 4) is 0 Å². The fourth-order valence-corrected chi connectivity index (χ4v) is 7.86. The normalized spacial score (nSPS) is 31.1. The third kappa shape index (κ3) is 6.19. The number of aromatic nitrogens is 1. The van der Waals surface area contributed by atoms with Gasteiger partial charge < -0.3 is 14.4 Å². The molecule has 1 aromatic rings. The lowest BCUT2D eigenvalue weighted by atomic mass is 9.49. The van der Waals surface area contributed by atoms with E-state index in [0.29, 0.717) is 17.8 Å². The molecule has 1 amide bonds. The third-order valence-corrected chi connectivity index (χ3v) is 8.64. The van der Waals surface area contributed by atoms with Crippen LogP contribution in [-0.2, 0) is 14.3 Å². The summed E-state index contributed by atoms with van der Waals surface area (Å²) in [5.74, 6) is 3.05. The fourth-order valence-electron chi connectivity index (χ4n) is 7.86. The number of carbonyl (C=O) groups is 2. The lowest BCUT2D eigenvalue weighted by Gasteiger charge is -2.57. The van der Waals surface area contributed by atoms with Crippen LogP contribution in [0, 0.1) is 23.2 Å². The van der Waals surface area contributed by atoms with Crippen LogP contribution in [0.4, 0.5) is 10.6 Å². The van der Waals surface area contributed by atoms with Crippen molar-refractivity contribution in [1.82, 2.24) is 9.88 Å². The van der Waals surface area contributed by atoms with Crippen molar-refractivity contribution in [3.05, 3.63) is 30.0 Å². The summed E-state index contributed by atoms with van der Waals surface area (Å²) in [6.45, 7) is 10.8. The van der Waals surface area contributed by atoms with E-state index < -0.39 is 5.60 Å². The van der Waals surface area contributed by atoms with Gasteiger partial charge in [-0.15, -0.1) is 0 Å². The standard InChI is InChI=1S/C30H43N3O4/c1-5-36-27(34)9-7-21-6-8-26(31-18-21)33(28(35)37-29(2,3)4)25-10-11-32(19-25)20-30-15-22-12-23(16-30)14-24(13-22)17-30/h6-9,18,22-25H,5,10-17,19-20H2,1-4H3/b9-7+/t22?,23?,24?,25-,30?/m1/s1. The third-order valence-electron chi connectivity index (χ3n) is 8.64. The second kappa shape index (κ2) is 10.4. The predicted octanol–water partition coefficient (Wildman–Crippen LogP) is 5.69. The van der Waals surface area contributed by atoms with E-state index in [1.165, 1.54) is 51.1 Å². The quantitative estimate of drug-likeness (QED) is 0.347. The summed E-state index contributed by atoms with van der Waals surface area (Å²) in [5, 5.41) is 0.